The standard InChI is InChI=1S/C14H16N4O2S/c1-9-13(21-10(2)16-9)14(19)18-7-5-11(8-18)20-12-4-3-6-15-17-12/h3-4,6,11H,5,7-8H2,1-2H3/t11-/m0/s1. The summed E-state index contributed by atoms with van der Waals surface area (Å²) >= 11 is 1.45. The molecular formula is C14H16N4O2S. The Balaban J connectivity index is 1.64. The molecule has 21 heavy (non-hydrogen) atoms. The zero-order valence-electron chi connectivity index (χ0n) is 11.9. The highest BCUT2D eigenvalue weighted by Crippen LogP contribution is 2.23. The van der Waals surface area contributed by atoms with Gasteiger partial charge in [0.1, 0.15) is 11.0 Å². The first kappa shape index (κ1) is 13.9. The lowest BCUT2D eigenvalue weighted by molar-refractivity contribution is 0.0774. The number of hydrogen-bond acceptors (Lipinski definition) is 6. The molecule has 0 bridgehead atoms. The lowest BCUT2D eigenvalue weighted by Gasteiger charge is -2.16. The number of likely N-dealkylation sites (tertiary alicyclic amines) is 1. The van der Waals surface area contributed by atoms with Gasteiger partial charge in [-0.1, -0.05) is 0 Å². The number of aromatic nitrogens is 3. The van der Waals surface area contributed by atoms with Crippen molar-refractivity contribution in [1.82, 2.24) is 20.1 Å². The summed E-state index contributed by atoms with van der Waals surface area (Å²) in [4.78, 5) is 19.4. The fraction of sp³-hybridized carbons (Fsp3) is 0.429. The Morgan fingerprint density at radius 1 is 1.48 bits per heavy atom. The first-order valence-corrected chi connectivity index (χ1v) is 7.63. The largest absolute Gasteiger partial charge is 0.471 e. The topological polar surface area (TPSA) is 68.2 Å². The van der Waals surface area contributed by atoms with Crippen LogP contribution in [0.3, 0.4) is 0 Å². The molecule has 1 saturated heterocycles. The zero-order chi connectivity index (χ0) is 14.8. The fourth-order valence-corrected chi connectivity index (χ4v) is 3.29. The van der Waals surface area contributed by atoms with Gasteiger partial charge in [-0.3, -0.25) is 4.79 Å². The highest BCUT2D eigenvalue weighted by molar-refractivity contribution is 7.13. The van der Waals surface area contributed by atoms with Crippen molar-refractivity contribution in [1.29, 1.82) is 0 Å². The van der Waals surface area contributed by atoms with Crippen LogP contribution in [0.4, 0.5) is 0 Å². The lowest BCUT2D eigenvalue weighted by Crippen LogP contribution is -2.30. The third-order valence-corrected chi connectivity index (χ3v) is 4.43. The number of thiazole rings is 1. The van der Waals surface area contributed by atoms with Gasteiger partial charge in [-0.15, -0.1) is 16.4 Å². The van der Waals surface area contributed by atoms with Crippen molar-refractivity contribution in [3.63, 3.8) is 0 Å². The van der Waals surface area contributed by atoms with Crippen LogP contribution in [0.5, 0.6) is 5.88 Å². The predicted molar refractivity (Wildman–Crippen MR) is 78.6 cm³/mol. The molecule has 1 aliphatic rings. The van der Waals surface area contributed by atoms with Crippen molar-refractivity contribution < 1.29 is 9.53 Å². The second-order valence-electron chi connectivity index (χ2n) is 4.99. The molecule has 6 nitrogen and oxygen atoms in total. The minimum atomic E-state index is -0.0278. The molecule has 0 unspecified atom stereocenters. The first-order chi connectivity index (χ1) is 10.1. The Morgan fingerprint density at radius 2 is 2.33 bits per heavy atom. The van der Waals surface area contributed by atoms with Crippen LogP contribution in [-0.2, 0) is 0 Å². The number of carbonyl (C=O) groups excluding carboxylic acids is 1. The number of amides is 1. The highest BCUT2D eigenvalue weighted by atomic mass is 32.1. The van der Waals surface area contributed by atoms with Crippen LogP contribution in [0.2, 0.25) is 0 Å². The number of rotatable bonds is 3. The molecule has 0 spiro atoms. The van der Waals surface area contributed by atoms with Gasteiger partial charge in [-0.25, -0.2) is 4.98 Å². The monoisotopic (exact) mass is 304 g/mol. The smallest absolute Gasteiger partial charge is 0.265 e. The summed E-state index contributed by atoms with van der Waals surface area (Å²) < 4.78 is 5.75. The van der Waals surface area contributed by atoms with Gasteiger partial charge in [0.05, 0.1) is 17.2 Å². The maximum absolute atomic E-state index is 12.5. The van der Waals surface area contributed by atoms with E-state index >= 15 is 0 Å². The average Bonchev–Trinajstić information content (AvgIpc) is 3.06. The maximum atomic E-state index is 12.5. The number of aryl methyl sites for hydroxylation is 2. The molecule has 3 heterocycles. The van der Waals surface area contributed by atoms with E-state index in [2.05, 4.69) is 15.2 Å². The summed E-state index contributed by atoms with van der Waals surface area (Å²) in [7, 11) is 0. The summed E-state index contributed by atoms with van der Waals surface area (Å²) in [6.07, 6.45) is 2.38. The summed E-state index contributed by atoms with van der Waals surface area (Å²) in [6.45, 7) is 5.06. The molecule has 1 amide bonds. The quantitative estimate of drug-likeness (QED) is 0.865. The van der Waals surface area contributed by atoms with Crippen LogP contribution in [0.15, 0.2) is 18.3 Å². The molecule has 7 heteroatoms. The van der Waals surface area contributed by atoms with E-state index in [1.54, 1.807) is 18.3 Å². The summed E-state index contributed by atoms with van der Waals surface area (Å²) in [6, 6.07) is 3.55. The molecule has 0 saturated carbocycles. The van der Waals surface area contributed by atoms with Gasteiger partial charge in [-0.2, -0.15) is 5.10 Å². The predicted octanol–water partition coefficient (Wildman–Crippen LogP) is 1.84. The van der Waals surface area contributed by atoms with Crippen molar-refractivity contribution in [2.45, 2.75) is 26.4 Å². The van der Waals surface area contributed by atoms with E-state index in [1.807, 2.05) is 18.7 Å². The van der Waals surface area contributed by atoms with Crippen molar-refractivity contribution in [3.8, 4) is 5.88 Å². The van der Waals surface area contributed by atoms with Crippen LogP contribution in [0.25, 0.3) is 0 Å². The van der Waals surface area contributed by atoms with Crippen LogP contribution >= 0.6 is 11.3 Å². The molecule has 1 fully saturated rings. The Bertz CT molecular complexity index is 644. The number of nitrogens with zero attached hydrogens (tertiary/aromatic N) is 4. The van der Waals surface area contributed by atoms with Gasteiger partial charge in [0.15, 0.2) is 0 Å². The highest BCUT2D eigenvalue weighted by Gasteiger charge is 2.30. The first-order valence-electron chi connectivity index (χ1n) is 6.81. The third kappa shape index (κ3) is 3.02. The summed E-state index contributed by atoms with van der Waals surface area (Å²) in [5.74, 6) is 0.546. The average molecular weight is 304 g/mol. The molecular weight excluding hydrogens is 288 g/mol. The van der Waals surface area contributed by atoms with E-state index in [0.29, 0.717) is 19.0 Å². The Kier molecular flexibility index (Phi) is 3.83. The van der Waals surface area contributed by atoms with E-state index in [1.165, 1.54) is 11.3 Å². The van der Waals surface area contributed by atoms with E-state index in [4.69, 9.17) is 4.74 Å². The van der Waals surface area contributed by atoms with Crippen LogP contribution in [0, 0.1) is 13.8 Å². The molecule has 1 atom stereocenters. The van der Waals surface area contributed by atoms with Gasteiger partial charge in [0.25, 0.3) is 5.91 Å². The SMILES string of the molecule is Cc1nc(C)c(C(=O)N2CC[C@H](Oc3cccnn3)C2)s1. The van der Waals surface area contributed by atoms with Gasteiger partial charge >= 0.3 is 0 Å². The van der Waals surface area contributed by atoms with Gasteiger partial charge in [-0.05, 0) is 19.9 Å². The summed E-state index contributed by atoms with van der Waals surface area (Å²) in [5.41, 5.74) is 0.806. The number of hydrogen-bond donors (Lipinski definition) is 0. The fourth-order valence-electron chi connectivity index (χ4n) is 2.40. The van der Waals surface area contributed by atoms with E-state index in [-0.39, 0.29) is 12.0 Å². The molecule has 0 radical (unpaired) electrons. The van der Waals surface area contributed by atoms with E-state index < -0.39 is 0 Å². The Labute approximate surface area is 126 Å². The van der Waals surface area contributed by atoms with Gasteiger partial charge in [0.2, 0.25) is 5.88 Å². The second-order valence-corrected chi connectivity index (χ2v) is 6.19. The minimum Gasteiger partial charge on any atom is -0.471 e. The van der Waals surface area contributed by atoms with E-state index in [0.717, 1.165) is 22.0 Å². The van der Waals surface area contributed by atoms with Crippen molar-refractivity contribution in [2.75, 3.05) is 13.1 Å². The van der Waals surface area contributed by atoms with E-state index in [9.17, 15) is 4.79 Å². The van der Waals surface area contributed by atoms with Crippen molar-refractivity contribution in [2.24, 2.45) is 0 Å². The number of ether oxygens (including phenoxy) is 1. The molecule has 2 aromatic rings. The Hall–Kier alpha value is -2.02. The normalized spacial score (nSPS) is 18.0. The summed E-state index contributed by atoms with van der Waals surface area (Å²) in [5, 5.41) is 8.60. The Morgan fingerprint density at radius 3 is 3.00 bits per heavy atom. The molecule has 110 valence electrons. The number of carbonyl (C=O) groups is 1. The van der Waals surface area contributed by atoms with Crippen LogP contribution < -0.4 is 4.74 Å². The van der Waals surface area contributed by atoms with Crippen LogP contribution in [-0.4, -0.2) is 45.2 Å². The molecule has 0 N–H and O–H groups in total. The zero-order valence-corrected chi connectivity index (χ0v) is 12.8. The maximum Gasteiger partial charge on any atom is 0.265 e. The molecule has 1 aliphatic heterocycles. The molecule has 0 aliphatic carbocycles. The molecule has 2 aromatic heterocycles. The molecule has 0 aromatic carbocycles. The third-order valence-electron chi connectivity index (χ3n) is 3.37. The van der Waals surface area contributed by atoms with Gasteiger partial charge in [0, 0.05) is 25.2 Å². The lowest BCUT2D eigenvalue weighted by atomic mass is 10.3. The van der Waals surface area contributed by atoms with Crippen molar-refractivity contribution in [3.05, 3.63) is 33.9 Å². The van der Waals surface area contributed by atoms with Gasteiger partial charge < -0.3 is 9.64 Å². The second kappa shape index (κ2) is 5.77. The van der Waals surface area contributed by atoms with Crippen LogP contribution in [0.1, 0.15) is 26.8 Å². The molecule has 3 rings (SSSR count). The van der Waals surface area contributed by atoms with Crippen molar-refractivity contribution >= 4 is 17.2 Å². The minimum absolute atomic E-state index is 0.0278.